The lowest BCUT2D eigenvalue weighted by Gasteiger charge is -2.25. The first-order valence-electron chi connectivity index (χ1n) is 10.5. The smallest absolute Gasteiger partial charge is 0.240 e. The minimum absolute atomic E-state index is 0.0484. The lowest BCUT2D eigenvalue weighted by atomic mass is 10.1. The van der Waals surface area contributed by atoms with Crippen LogP contribution >= 0.6 is 0 Å². The Balaban J connectivity index is 1.47. The number of amides is 2. The molecule has 1 fully saturated rings. The van der Waals surface area contributed by atoms with Gasteiger partial charge in [0.1, 0.15) is 0 Å². The van der Waals surface area contributed by atoms with Crippen molar-refractivity contribution in [3.8, 4) is 0 Å². The fourth-order valence-electron chi connectivity index (χ4n) is 3.70. The molecule has 31 heavy (non-hydrogen) atoms. The van der Waals surface area contributed by atoms with Crippen molar-refractivity contribution in [1.82, 2.24) is 14.9 Å². The highest BCUT2D eigenvalue weighted by molar-refractivity contribution is 7.89. The summed E-state index contributed by atoms with van der Waals surface area (Å²) in [5.41, 5.74) is 2.09. The Labute approximate surface area is 183 Å². The van der Waals surface area contributed by atoms with Crippen LogP contribution in [0.2, 0.25) is 0 Å². The van der Waals surface area contributed by atoms with Crippen molar-refractivity contribution in [2.75, 3.05) is 19.6 Å². The van der Waals surface area contributed by atoms with E-state index in [1.165, 1.54) is 0 Å². The number of carbonyl (C=O) groups excluding carboxylic acids is 2. The molecule has 1 saturated heterocycles. The van der Waals surface area contributed by atoms with Crippen LogP contribution in [0.25, 0.3) is 0 Å². The first kappa shape index (κ1) is 23.0. The zero-order valence-electron chi connectivity index (χ0n) is 17.9. The average molecular weight is 444 g/mol. The van der Waals surface area contributed by atoms with Crippen molar-refractivity contribution in [1.29, 1.82) is 0 Å². The number of likely N-dealkylation sites (tertiary alicyclic amines) is 1. The fourth-order valence-corrected chi connectivity index (χ4v) is 4.73. The Bertz CT molecular complexity index is 1010. The van der Waals surface area contributed by atoms with Crippen molar-refractivity contribution < 1.29 is 18.0 Å². The third-order valence-electron chi connectivity index (χ3n) is 5.64. The third-order valence-corrected chi connectivity index (χ3v) is 7.11. The van der Waals surface area contributed by atoms with Crippen molar-refractivity contribution in [2.45, 2.75) is 37.6 Å². The summed E-state index contributed by atoms with van der Waals surface area (Å²) in [6.07, 6.45) is 1.00. The summed E-state index contributed by atoms with van der Waals surface area (Å²) in [6.45, 7) is 4.55. The number of benzene rings is 2. The maximum atomic E-state index is 12.5. The van der Waals surface area contributed by atoms with Gasteiger partial charge in [0, 0.05) is 26.1 Å². The Morgan fingerprint density at radius 2 is 1.77 bits per heavy atom. The van der Waals surface area contributed by atoms with Gasteiger partial charge < -0.3 is 10.2 Å². The molecule has 1 aliphatic heterocycles. The second kappa shape index (κ2) is 10.1. The fraction of sp³-hybridized carbons (Fsp3) is 0.391. The summed E-state index contributed by atoms with van der Waals surface area (Å²) in [7, 11) is -3.63. The molecule has 0 saturated carbocycles. The first-order valence-corrected chi connectivity index (χ1v) is 12.0. The largest absolute Gasteiger partial charge is 0.354 e. The lowest BCUT2D eigenvalue weighted by Crippen LogP contribution is -2.38. The van der Waals surface area contributed by atoms with Crippen LogP contribution in [0.3, 0.4) is 0 Å². The second-order valence-electron chi connectivity index (χ2n) is 7.72. The molecule has 0 radical (unpaired) electrons. The van der Waals surface area contributed by atoms with E-state index in [1.807, 2.05) is 44.2 Å². The number of hydrogen-bond donors (Lipinski definition) is 2. The molecule has 166 valence electrons. The molecule has 2 amide bonds. The van der Waals surface area contributed by atoms with Gasteiger partial charge in [0.15, 0.2) is 0 Å². The zero-order valence-corrected chi connectivity index (χ0v) is 18.7. The summed E-state index contributed by atoms with van der Waals surface area (Å²) in [5.74, 6) is -0.716. The van der Waals surface area contributed by atoms with Crippen LogP contribution in [0.1, 0.15) is 37.4 Å². The number of hydrogen-bond acceptors (Lipinski definition) is 4. The molecule has 0 spiro atoms. The van der Waals surface area contributed by atoms with Gasteiger partial charge in [-0.2, -0.15) is 0 Å². The molecule has 0 aromatic heterocycles. The summed E-state index contributed by atoms with van der Waals surface area (Å²) in [5, 5.41) is 2.74. The molecule has 1 aliphatic rings. The van der Waals surface area contributed by atoms with E-state index < -0.39 is 15.9 Å². The lowest BCUT2D eigenvalue weighted by molar-refractivity contribution is -0.130. The Kier molecular flexibility index (Phi) is 7.46. The first-order chi connectivity index (χ1) is 14.8. The molecule has 2 aromatic rings. The number of rotatable bonds is 9. The van der Waals surface area contributed by atoms with Crippen LogP contribution in [0.4, 0.5) is 0 Å². The standard InChI is InChI=1S/C23H29N3O4S/c1-3-18-9-11-21(12-10-18)31(29,30)25-14-13-24-23(28)20-15-22(27)26(16-20)17(2)19-7-5-4-6-8-19/h4-12,17,20,25H,3,13-16H2,1-2H3,(H,24,28). The molecule has 7 nitrogen and oxygen atoms in total. The topological polar surface area (TPSA) is 95.6 Å². The molecule has 0 aliphatic carbocycles. The Hall–Kier alpha value is -2.71. The van der Waals surface area contributed by atoms with Gasteiger partial charge in [-0.1, -0.05) is 49.4 Å². The number of nitrogens with zero attached hydrogens (tertiary/aromatic N) is 1. The van der Waals surface area contributed by atoms with Crippen LogP contribution < -0.4 is 10.0 Å². The molecule has 0 bridgehead atoms. The van der Waals surface area contributed by atoms with Crippen LogP contribution in [0.15, 0.2) is 59.5 Å². The van der Waals surface area contributed by atoms with Gasteiger partial charge in [-0.15, -0.1) is 0 Å². The average Bonchev–Trinajstić information content (AvgIpc) is 3.18. The second-order valence-corrected chi connectivity index (χ2v) is 9.49. The quantitative estimate of drug-likeness (QED) is 0.581. The van der Waals surface area contributed by atoms with E-state index in [0.29, 0.717) is 6.54 Å². The molecule has 8 heteroatoms. The maximum Gasteiger partial charge on any atom is 0.240 e. The molecule has 2 unspecified atom stereocenters. The summed E-state index contributed by atoms with van der Waals surface area (Å²) in [6, 6.07) is 16.3. The van der Waals surface area contributed by atoms with Gasteiger partial charge in [-0.3, -0.25) is 9.59 Å². The molecule has 2 aromatic carbocycles. The van der Waals surface area contributed by atoms with E-state index >= 15 is 0 Å². The molecule has 3 rings (SSSR count). The SMILES string of the molecule is CCc1ccc(S(=O)(=O)NCCNC(=O)C2CC(=O)N(C(C)c3ccccc3)C2)cc1. The number of sulfonamides is 1. The molecule has 1 heterocycles. The van der Waals surface area contributed by atoms with Gasteiger partial charge >= 0.3 is 0 Å². The van der Waals surface area contributed by atoms with E-state index in [4.69, 9.17) is 0 Å². The van der Waals surface area contributed by atoms with E-state index in [-0.39, 0.29) is 42.3 Å². The van der Waals surface area contributed by atoms with E-state index in [2.05, 4.69) is 10.0 Å². The van der Waals surface area contributed by atoms with Gasteiger partial charge in [0.25, 0.3) is 0 Å². The van der Waals surface area contributed by atoms with Crippen molar-refractivity contribution in [3.63, 3.8) is 0 Å². The minimum atomic E-state index is -3.63. The molecule has 2 N–H and O–H groups in total. The van der Waals surface area contributed by atoms with Crippen LogP contribution in [-0.2, 0) is 26.0 Å². The highest BCUT2D eigenvalue weighted by atomic mass is 32.2. The monoisotopic (exact) mass is 443 g/mol. The van der Waals surface area contributed by atoms with E-state index in [9.17, 15) is 18.0 Å². The van der Waals surface area contributed by atoms with Gasteiger partial charge in [0.2, 0.25) is 21.8 Å². The highest BCUT2D eigenvalue weighted by Gasteiger charge is 2.36. The van der Waals surface area contributed by atoms with Crippen LogP contribution in [-0.4, -0.2) is 44.8 Å². The van der Waals surface area contributed by atoms with Crippen molar-refractivity contribution in [2.24, 2.45) is 5.92 Å². The maximum absolute atomic E-state index is 12.5. The molecular formula is C23H29N3O4S. The third kappa shape index (κ3) is 5.71. The Morgan fingerprint density at radius 3 is 2.42 bits per heavy atom. The molecular weight excluding hydrogens is 414 g/mol. The summed E-state index contributed by atoms with van der Waals surface area (Å²) >= 11 is 0. The summed E-state index contributed by atoms with van der Waals surface area (Å²) < 4.78 is 27.2. The van der Waals surface area contributed by atoms with Gasteiger partial charge in [0.05, 0.1) is 16.9 Å². The van der Waals surface area contributed by atoms with E-state index in [0.717, 1.165) is 17.5 Å². The number of aryl methyl sites for hydroxylation is 1. The van der Waals surface area contributed by atoms with Crippen molar-refractivity contribution in [3.05, 3.63) is 65.7 Å². The zero-order chi connectivity index (χ0) is 22.4. The Morgan fingerprint density at radius 1 is 1.10 bits per heavy atom. The van der Waals surface area contributed by atoms with Crippen molar-refractivity contribution >= 4 is 21.8 Å². The predicted octanol–water partition coefficient (Wildman–Crippen LogP) is 2.25. The summed E-state index contributed by atoms with van der Waals surface area (Å²) in [4.78, 5) is 26.8. The van der Waals surface area contributed by atoms with Gasteiger partial charge in [-0.25, -0.2) is 13.1 Å². The van der Waals surface area contributed by atoms with E-state index in [1.54, 1.807) is 29.2 Å². The molecule has 2 atom stereocenters. The minimum Gasteiger partial charge on any atom is -0.354 e. The predicted molar refractivity (Wildman–Crippen MR) is 119 cm³/mol. The van der Waals surface area contributed by atoms with Crippen LogP contribution in [0.5, 0.6) is 0 Å². The number of nitrogens with one attached hydrogen (secondary N) is 2. The normalized spacial score (nSPS) is 17.5. The van der Waals surface area contributed by atoms with Gasteiger partial charge in [-0.05, 0) is 36.6 Å². The number of carbonyl (C=O) groups is 2. The highest BCUT2D eigenvalue weighted by Crippen LogP contribution is 2.28. The van der Waals surface area contributed by atoms with Crippen LogP contribution in [0, 0.1) is 5.92 Å².